The average molecular weight is 375 g/mol. The molecule has 2 heterocycles. The fraction of sp³-hybridized carbons (Fsp3) is 0.619. The van der Waals surface area contributed by atoms with E-state index in [0.29, 0.717) is 43.6 Å². The second-order valence-corrected chi connectivity index (χ2v) is 8.20. The van der Waals surface area contributed by atoms with Crippen LogP contribution in [0.3, 0.4) is 0 Å². The molecule has 148 valence electrons. The van der Waals surface area contributed by atoms with Crippen molar-refractivity contribution >= 4 is 11.8 Å². The lowest BCUT2D eigenvalue weighted by atomic mass is 9.91. The second-order valence-electron chi connectivity index (χ2n) is 8.20. The van der Waals surface area contributed by atoms with Crippen LogP contribution < -0.4 is 0 Å². The Morgan fingerprint density at radius 2 is 1.52 bits per heavy atom. The van der Waals surface area contributed by atoms with E-state index in [9.17, 15) is 14.0 Å². The zero-order valence-electron chi connectivity index (χ0n) is 16.5. The maximum absolute atomic E-state index is 13.0. The van der Waals surface area contributed by atoms with E-state index in [2.05, 4.69) is 18.7 Å². The van der Waals surface area contributed by atoms with Crippen LogP contribution >= 0.6 is 0 Å². The van der Waals surface area contributed by atoms with Gasteiger partial charge < -0.3 is 9.80 Å². The van der Waals surface area contributed by atoms with Crippen LogP contribution in [-0.2, 0) is 4.79 Å². The Labute approximate surface area is 161 Å². The molecule has 0 saturated carbocycles. The summed E-state index contributed by atoms with van der Waals surface area (Å²) in [5, 5.41) is 0. The number of likely N-dealkylation sites (tertiary alicyclic amines) is 1. The Morgan fingerprint density at radius 1 is 0.963 bits per heavy atom. The summed E-state index contributed by atoms with van der Waals surface area (Å²) in [5.41, 5.74) is 0.505. The number of hydrogen-bond acceptors (Lipinski definition) is 3. The standard InChI is InChI=1S/C21H30FN3O2/c1-15-12-16(2)14-25(13-15)20(26)17(3)23-8-10-24(11-9-23)21(27)18-4-6-19(22)7-5-18/h4-7,15-17H,8-14H2,1-3H3. The lowest BCUT2D eigenvalue weighted by Gasteiger charge is -2.41. The van der Waals surface area contributed by atoms with E-state index in [0.717, 1.165) is 13.1 Å². The molecule has 0 spiro atoms. The molecule has 0 aliphatic carbocycles. The maximum Gasteiger partial charge on any atom is 0.253 e. The largest absolute Gasteiger partial charge is 0.341 e. The van der Waals surface area contributed by atoms with Gasteiger partial charge in [-0.05, 0) is 49.4 Å². The topological polar surface area (TPSA) is 43.9 Å². The lowest BCUT2D eigenvalue weighted by Crippen LogP contribution is -2.56. The van der Waals surface area contributed by atoms with Crippen LogP contribution in [0.1, 0.15) is 37.6 Å². The van der Waals surface area contributed by atoms with Crippen molar-refractivity contribution in [3.8, 4) is 0 Å². The number of halogens is 1. The highest BCUT2D eigenvalue weighted by Gasteiger charge is 2.33. The van der Waals surface area contributed by atoms with Crippen molar-refractivity contribution in [2.24, 2.45) is 11.8 Å². The van der Waals surface area contributed by atoms with Crippen molar-refractivity contribution in [2.45, 2.75) is 33.2 Å². The highest BCUT2D eigenvalue weighted by molar-refractivity contribution is 5.94. The molecule has 6 heteroatoms. The van der Waals surface area contributed by atoms with Gasteiger partial charge in [0.05, 0.1) is 6.04 Å². The molecule has 2 amide bonds. The molecule has 0 radical (unpaired) electrons. The molecule has 0 bridgehead atoms. The number of piperazine rings is 1. The van der Waals surface area contributed by atoms with Gasteiger partial charge in [0.15, 0.2) is 0 Å². The minimum absolute atomic E-state index is 0.0766. The molecule has 5 nitrogen and oxygen atoms in total. The van der Waals surface area contributed by atoms with E-state index in [-0.39, 0.29) is 23.7 Å². The zero-order chi connectivity index (χ0) is 19.6. The second kappa shape index (κ2) is 8.38. The van der Waals surface area contributed by atoms with Crippen molar-refractivity contribution in [1.82, 2.24) is 14.7 Å². The Bertz CT molecular complexity index is 661. The van der Waals surface area contributed by atoms with Crippen molar-refractivity contribution < 1.29 is 14.0 Å². The summed E-state index contributed by atoms with van der Waals surface area (Å²) >= 11 is 0. The molecular weight excluding hydrogens is 345 g/mol. The number of carbonyl (C=O) groups is 2. The molecule has 2 fully saturated rings. The first kappa shape index (κ1) is 19.8. The summed E-state index contributed by atoms with van der Waals surface area (Å²) in [6, 6.07) is 5.50. The van der Waals surface area contributed by atoms with Gasteiger partial charge in [0.2, 0.25) is 5.91 Å². The number of amides is 2. The predicted octanol–water partition coefficient (Wildman–Crippen LogP) is 2.48. The summed E-state index contributed by atoms with van der Waals surface area (Å²) in [7, 11) is 0. The Kier molecular flexibility index (Phi) is 6.15. The quantitative estimate of drug-likeness (QED) is 0.815. The van der Waals surface area contributed by atoms with E-state index < -0.39 is 0 Å². The highest BCUT2D eigenvalue weighted by atomic mass is 19.1. The first-order chi connectivity index (χ1) is 12.8. The number of rotatable bonds is 3. The third-order valence-corrected chi connectivity index (χ3v) is 5.78. The fourth-order valence-corrected chi connectivity index (χ4v) is 4.35. The van der Waals surface area contributed by atoms with Crippen LogP contribution in [0.4, 0.5) is 4.39 Å². The Hall–Kier alpha value is -1.95. The van der Waals surface area contributed by atoms with Gasteiger partial charge in [-0.3, -0.25) is 14.5 Å². The third kappa shape index (κ3) is 4.67. The van der Waals surface area contributed by atoms with E-state index >= 15 is 0 Å². The Morgan fingerprint density at radius 3 is 2.07 bits per heavy atom. The van der Waals surface area contributed by atoms with E-state index in [1.807, 2.05) is 11.8 Å². The first-order valence-corrected chi connectivity index (χ1v) is 9.93. The molecule has 2 saturated heterocycles. The van der Waals surface area contributed by atoms with Crippen molar-refractivity contribution in [3.05, 3.63) is 35.6 Å². The molecule has 2 aliphatic rings. The van der Waals surface area contributed by atoms with Gasteiger partial charge in [-0.15, -0.1) is 0 Å². The highest BCUT2D eigenvalue weighted by Crippen LogP contribution is 2.22. The van der Waals surface area contributed by atoms with Gasteiger partial charge in [0.25, 0.3) is 5.91 Å². The summed E-state index contributed by atoms with van der Waals surface area (Å²) in [6.07, 6.45) is 1.18. The molecule has 1 aromatic carbocycles. The maximum atomic E-state index is 13.0. The lowest BCUT2D eigenvalue weighted by molar-refractivity contribution is -0.139. The van der Waals surface area contributed by atoms with Crippen molar-refractivity contribution in [3.63, 3.8) is 0 Å². The van der Waals surface area contributed by atoms with Crippen LogP contribution in [-0.4, -0.2) is 71.8 Å². The van der Waals surface area contributed by atoms with Crippen LogP contribution in [0.15, 0.2) is 24.3 Å². The van der Waals surface area contributed by atoms with Crippen LogP contribution in [0.25, 0.3) is 0 Å². The van der Waals surface area contributed by atoms with Gasteiger partial charge in [0, 0.05) is 44.8 Å². The monoisotopic (exact) mass is 375 g/mol. The van der Waals surface area contributed by atoms with Gasteiger partial charge in [-0.1, -0.05) is 13.8 Å². The van der Waals surface area contributed by atoms with Crippen LogP contribution in [0.2, 0.25) is 0 Å². The van der Waals surface area contributed by atoms with Crippen molar-refractivity contribution in [2.75, 3.05) is 39.3 Å². The molecule has 2 aliphatic heterocycles. The minimum Gasteiger partial charge on any atom is -0.341 e. The van der Waals surface area contributed by atoms with Crippen molar-refractivity contribution in [1.29, 1.82) is 0 Å². The molecule has 0 N–H and O–H groups in total. The Balaban J connectivity index is 1.54. The molecular formula is C21H30FN3O2. The number of benzene rings is 1. The van der Waals surface area contributed by atoms with Gasteiger partial charge >= 0.3 is 0 Å². The third-order valence-electron chi connectivity index (χ3n) is 5.78. The van der Waals surface area contributed by atoms with Gasteiger partial charge in [-0.25, -0.2) is 4.39 Å². The van der Waals surface area contributed by atoms with E-state index in [1.165, 1.54) is 30.7 Å². The number of nitrogens with zero attached hydrogens (tertiary/aromatic N) is 3. The normalized spacial score (nSPS) is 25.3. The molecule has 1 aromatic rings. The molecule has 0 aromatic heterocycles. The predicted molar refractivity (Wildman–Crippen MR) is 103 cm³/mol. The summed E-state index contributed by atoms with van der Waals surface area (Å²) in [4.78, 5) is 31.4. The minimum atomic E-state index is -0.343. The van der Waals surface area contributed by atoms with Gasteiger partial charge in [0.1, 0.15) is 5.82 Å². The summed E-state index contributed by atoms with van der Waals surface area (Å²) < 4.78 is 13.0. The average Bonchev–Trinajstić information content (AvgIpc) is 2.66. The van der Waals surface area contributed by atoms with Crippen LogP contribution in [0, 0.1) is 17.7 Å². The van der Waals surface area contributed by atoms with Gasteiger partial charge in [-0.2, -0.15) is 0 Å². The number of carbonyl (C=O) groups excluding carboxylic acids is 2. The molecule has 3 atom stereocenters. The molecule has 3 unspecified atom stereocenters. The number of hydrogen-bond donors (Lipinski definition) is 0. The zero-order valence-corrected chi connectivity index (χ0v) is 16.5. The van der Waals surface area contributed by atoms with E-state index in [1.54, 1.807) is 4.90 Å². The number of piperidine rings is 1. The van der Waals surface area contributed by atoms with E-state index in [4.69, 9.17) is 0 Å². The molecule has 3 rings (SSSR count). The summed E-state index contributed by atoms with van der Waals surface area (Å²) in [5.74, 6) is 0.884. The fourth-order valence-electron chi connectivity index (χ4n) is 4.35. The SMILES string of the molecule is CC1CC(C)CN(C(=O)C(C)N2CCN(C(=O)c3ccc(F)cc3)CC2)C1. The first-order valence-electron chi connectivity index (χ1n) is 9.93. The smallest absolute Gasteiger partial charge is 0.253 e. The molecule has 27 heavy (non-hydrogen) atoms. The van der Waals surface area contributed by atoms with Crippen LogP contribution in [0.5, 0.6) is 0 Å². The summed E-state index contributed by atoms with van der Waals surface area (Å²) in [6.45, 7) is 10.6.